The fourth-order valence-corrected chi connectivity index (χ4v) is 3.13. The Kier molecular flexibility index (Phi) is 4.09. The third-order valence-corrected chi connectivity index (χ3v) is 4.84. The standard InChI is InChI=1S/C19H20N4O2/c24-18(14-5-4-6-14)21-15-9-10-17(20-13-15)23-12-11-22(19(23)25)16-7-2-1-3-8-16/h1-3,7-10,13-14H,4-6,11-12H2,(H,21,24). The summed E-state index contributed by atoms with van der Waals surface area (Å²) < 4.78 is 0. The molecule has 128 valence electrons. The van der Waals surface area contributed by atoms with E-state index < -0.39 is 0 Å². The number of pyridine rings is 1. The molecule has 2 fully saturated rings. The van der Waals surface area contributed by atoms with Crippen molar-refractivity contribution < 1.29 is 9.59 Å². The van der Waals surface area contributed by atoms with E-state index in [0.29, 0.717) is 24.6 Å². The normalized spacial score (nSPS) is 17.5. The van der Waals surface area contributed by atoms with Crippen LogP contribution in [0, 0.1) is 5.92 Å². The van der Waals surface area contributed by atoms with E-state index in [0.717, 1.165) is 24.9 Å². The van der Waals surface area contributed by atoms with Crippen molar-refractivity contribution in [1.29, 1.82) is 0 Å². The predicted octanol–water partition coefficient (Wildman–Crippen LogP) is 3.27. The molecule has 6 nitrogen and oxygen atoms in total. The van der Waals surface area contributed by atoms with E-state index >= 15 is 0 Å². The number of carbonyl (C=O) groups is 2. The molecule has 6 heteroatoms. The highest BCUT2D eigenvalue weighted by Crippen LogP contribution is 2.28. The molecule has 0 atom stereocenters. The summed E-state index contributed by atoms with van der Waals surface area (Å²) in [6, 6.07) is 13.1. The summed E-state index contributed by atoms with van der Waals surface area (Å²) in [6.45, 7) is 1.22. The van der Waals surface area contributed by atoms with Gasteiger partial charge in [-0.3, -0.25) is 14.6 Å². The van der Waals surface area contributed by atoms with Crippen molar-refractivity contribution in [2.45, 2.75) is 19.3 Å². The highest BCUT2D eigenvalue weighted by molar-refractivity contribution is 6.05. The predicted molar refractivity (Wildman–Crippen MR) is 96.7 cm³/mol. The van der Waals surface area contributed by atoms with E-state index in [4.69, 9.17) is 0 Å². The molecule has 0 spiro atoms. The topological polar surface area (TPSA) is 65.5 Å². The van der Waals surface area contributed by atoms with Gasteiger partial charge in [0.15, 0.2) is 0 Å². The van der Waals surface area contributed by atoms with Crippen LogP contribution in [0.4, 0.5) is 22.0 Å². The largest absolute Gasteiger partial charge is 0.330 e. The number of amides is 3. The lowest BCUT2D eigenvalue weighted by molar-refractivity contribution is -0.122. The van der Waals surface area contributed by atoms with Crippen molar-refractivity contribution in [3.05, 3.63) is 48.7 Å². The molecule has 2 heterocycles. The summed E-state index contributed by atoms with van der Waals surface area (Å²) in [4.78, 5) is 32.4. The second-order valence-electron chi connectivity index (χ2n) is 6.44. The number of hydrogen-bond donors (Lipinski definition) is 1. The quantitative estimate of drug-likeness (QED) is 0.932. The minimum atomic E-state index is -0.0787. The average molecular weight is 336 g/mol. The Bertz CT molecular complexity index is 772. The first-order valence-electron chi connectivity index (χ1n) is 8.63. The van der Waals surface area contributed by atoms with E-state index in [1.165, 1.54) is 0 Å². The highest BCUT2D eigenvalue weighted by Gasteiger charge is 2.31. The number of para-hydroxylation sites is 1. The van der Waals surface area contributed by atoms with E-state index in [1.54, 1.807) is 28.1 Å². The maximum Gasteiger partial charge on any atom is 0.330 e. The van der Waals surface area contributed by atoms with E-state index in [9.17, 15) is 9.59 Å². The second kappa shape index (κ2) is 6.55. The van der Waals surface area contributed by atoms with Gasteiger partial charge < -0.3 is 5.32 Å². The maximum absolute atomic E-state index is 12.6. The number of carbonyl (C=O) groups excluding carboxylic acids is 2. The third kappa shape index (κ3) is 3.07. The molecular formula is C19H20N4O2. The van der Waals surface area contributed by atoms with Crippen LogP contribution in [-0.2, 0) is 4.79 Å². The van der Waals surface area contributed by atoms with Gasteiger partial charge in [-0.2, -0.15) is 0 Å². The monoisotopic (exact) mass is 336 g/mol. The Hall–Kier alpha value is -2.89. The van der Waals surface area contributed by atoms with E-state index in [1.807, 2.05) is 30.3 Å². The van der Waals surface area contributed by atoms with Crippen LogP contribution in [0.1, 0.15) is 19.3 Å². The molecule has 0 radical (unpaired) electrons. The van der Waals surface area contributed by atoms with E-state index in [2.05, 4.69) is 10.3 Å². The number of aromatic nitrogens is 1. The zero-order chi connectivity index (χ0) is 17.2. The van der Waals surface area contributed by atoms with Gasteiger partial charge in [0.25, 0.3) is 0 Å². The lowest BCUT2D eigenvalue weighted by atomic mass is 9.85. The molecule has 0 bridgehead atoms. The van der Waals surface area contributed by atoms with Gasteiger partial charge in [-0.05, 0) is 37.1 Å². The molecule has 4 rings (SSSR count). The van der Waals surface area contributed by atoms with Gasteiger partial charge in [0.2, 0.25) is 5.91 Å². The van der Waals surface area contributed by atoms with Crippen LogP contribution in [0.15, 0.2) is 48.7 Å². The average Bonchev–Trinajstić information content (AvgIpc) is 2.96. The zero-order valence-electron chi connectivity index (χ0n) is 13.9. The molecule has 25 heavy (non-hydrogen) atoms. The highest BCUT2D eigenvalue weighted by atomic mass is 16.2. The molecule has 1 aliphatic carbocycles. The van der Waals surface area contributed by atoms with Crippen LogP contribution in [0.25, 0.3) is 0 Å². The van der Waals surface area contributed by atoms with Crippen LogP contribution >= 0.6 is 0 Å². The first-order chi connectivity index (χ1) is 12.2. The summed E-state index contributed by atoms with van der Waals surface area (Å²) in [5.74, 6) is 0.803. The van der Waals surface area contributed by atoms with Crippen LogP contribution < -0.4 is 15.1 Å². The third-order valence-electron chi connectivity index (χ3n) is 4.84. The second-order valence-corrected chi connectivity index (χ2v) is 6.44. The van der Waals surface area contributed by atoms with Gasteiger partial charge in [-0.1, -0.05) is 24.6 Å². The van der Waals surface area contributed by atoms with Crippen molar-refractivity contribution >= 4 is 29.1 Å². The van der Waals surface area contributed by atoms with Crippen molar-refractivity contribution in [2.75, 3.05) is 28.2 Å². The number of rotatable bonds is 4. The first-order valence-corrected chi connectivity index (χ1v) is 8.63. The molecule has 1 aromatic carbocycles. The van der Waals surface area contributed by atoms with Crippen LogP contribution in [0.3, 0.4) is 0 Å². The van der Waals surface area contributed by atoms with Crippen molar-refractivity contribution in [3.63, 3.8) is 0 Å². The molecule has 1 saturated heterocycles. The minimum Gasteiger partial charge on any atom is -0.324 e. The minimum absolute atomic E-state index is 0.0632. The van der Waals surface area contributed by atoms with Gasteiger partial charge in [-0.15, -0.1) is 0 Å². The maximum atomic E-state index is 12.6. The summed E-state index contributed by atoms with van der Waals surface area (Å²) in [6.07, 6.45) is 4.68. The summed E-state index contributed by atoms with van der Waals surface area (Å²) >= 11 is 0. The fourth-order valence-electron chi connectivity index (χ4n) is 3.13. The first kappa shape index (κ1) is 15.6. The van der Waals surface area contributed by atoms with Gasteiger partial charge in [0.1, 0.15) is 5.82 Å². The number of urea groups is 1. The number of anilines is 3. The van der Waals surface area contributed by atoms with Crippen molar-refractivity contribution in [3.8, 4) is 0 Å². The number of hydrogen-bond acceptors (Lipinski definition) is 3. The van der Waals surface area contributed by atoms with Crippen LogP contribution in [0.5, 0.6) is 0 Å². The Morgan fingerprint density at radius 3 is 2.44 bits per heavy atom. The van der Waals surface area contributed by atoms with E-state index in [-0.39, 0.29) is 17.9 Å². The molecule has 2 aromatic rings. The fraction of sp³-hybridized carbons (Fsp3) is 0.316. The molecule has 2 aliphatic rings. The lowest BCUT2D eigenvalue weighted by Gasteiger charge is -2.24. The van der Waals surface area contributed by atoms with Crippen molar-refractivity contribution in [2.24, 2.45) is 5.92 Å². The van der Waals surface area contributed by atoms with Crippen LogP contribution in [-0.4, -0.2) is 30.0 Å². The number of nitrogens with zero attached hydrogens (tertiary/aromatic N) is 3. The van der Waals surface area contributed by atoms with Gasteiger partial charge in [0.05, 0.1) is 11.9 Å². The Morgan fingerprint density at radius 2 is 1.80 bits per heavy atom. The molecule has 1 N–H and O–H groups in total. The molecule has 3 amide bonds. The smallest absolute Gasteiger partial charge is 0.324 e. The van der Waals surface area contributed by atoms with Gasteiger partial charge in [0, 0.05) is 24.7 Å². The van der Waals surface area contributed by atoms with Crippen LogP contribution in [0.2, 0.25) is 0 Å². The molecule has 1 saturated carbocycles. The van der Waals surface area contributed by atoms with Gasteiger partial charge >= 0.3 is 6.03 Å². The van der Waals surface area contributed by atoms with Crippen molar-refractivity contribution in [1.82, 2.24) is 4.98 Å². The zero-order valence-corrected chi connectivity index (χ0v) is 13.9. The Labute approximate surface area is 146 Å². The summed E-state index contributed by atoms with van der Waals surface area (Å²) in [5.41, 5.74) is 1.56. The lowest BCUT2D eigenvalue weighted by Crippen LogP contribution is -2.32. The molecule has 1 aromatic heterocycles. The number of benzene rings is 1. The Morgan fingerprint density at radius 1 is 1.04 bits per heavy atom. The number of nitrogens with one attached hydrogen (secondary N) is 1. The summed E-state index contributed by atoms with van der Waals surface area (Å²) in [5, 5.41) is 2.89. The molecular weight excluding hydrogens is 316 g/mol. The summed E-state index contributed by atoms with van der Waals surface area (Å²) in [7, 11) is 0. The van der Waals surface area contributed by atoms with Gasteiger partial charge in [-0.25, -0.2) is 9.78 Å². The molecule has 1 aliphatic heterocycles. The SMILES string of the molecule is O=C(Nc1ccc(N2CCN(c3ccccc3)C2=O)nc1)C1CCC1. The Balaban J connectivity index is 1.43. The molecule has 0 unspecified atom stereocenters.